The topological polar surface area (TPSA) is 49.8 Å². The van der Waals surface area contributed by atoms with Crippen LogP contribution in [0.5, 0.6) is 0 Å². The third-order valence-electron chi connectivity index (χ3n) is 3.55. The molecule has 23 heavy (non-hydrogen) atoms. The normalized spacial score (nSPS) is 18.0. The zero-order chi connectivity index (χ0) is 16.6. The van der Waals surface area contributed by atoms with Crippen LogP contribution >= 0.6 is 0 Å². The van der Waals surface area contributed by atoms with Gasteiger partial charge in [0.2, 0.25) is 0 Å². The maximum atomic E-state index is 10.3. The highest BCUT2D eigenvalue weighted by Gasteiger charge is 2.20. The van der Waals surface area contributed by atoms with E-state index in [2.05, 4.69) is 36.5 Å². The first-order chi connectivity index (χ1) is 11.3. The Bertz CT molecular complexity index is 415. The van der Waals surface area contributed by atoms with Gasteiger partial charge >= 0.3 is 5.97 Å². The number of carbonyl (C=O) groups is 1. The predicted molar refractivity (Wildman–Crippen MR) is 95.5 cm³/mol. The number of hydrogen-bond acceptors (Lipinski definition) is 2. The van der Waals surface area contributed by atoms with Crippen molar-refractivity contribution >= 4 is 5.97 Å². The van der Waals surface area contributed by atoms with Gasteiger partial charge in [-0.2, -0.15) is 0 Å². The fraction of sp³-hybridized carbons (Fsp3) is 0.550. The molecule has 0 spiro atoms. The zero-order valence-corrected chi connectivity index (χ0v) is 14.0. The number of hydrogen-bond donors (Lipinski definition) is 1. The number of ether oxygens (including phenoxy) is 1. The smallest absolute Gasteiger partial charge is 0.307 e. The molecule has 1 aliphatic heterocycles. The Hall–Kier alpha value is -1.61. The Morgan fingerprint density at radius 2 is 1.39 bits per heavy atom. The summed E-state index contributed by atoms with van der Waals surface area (Å²) in [7, 11) is 0. The second-order valence-corrected chi connectivity index (χ2v) is 5.77. The molecule has 0 radical (unpaired) electrons. The fourth-order valence-corrected chi connectivity index (χ4v) is 2.12. The summed E-state index contributed by atoms with van der Waals surface area (Å²) in [4.78, 5) is 10.3. The number of unbranched alkanes of at least 4 members (excludes halogenated alkanes) is 3. The SMILES string of the molecule is O=C(O)C/C=C\C/C=C\CCCC/C=C\C/C=C\CCC1CO1. The molecule has 1 N–H and O–H groups in total. The highest BCUT2D eigenvalue weighted by atomic mass is 16.6. The third-order valence-corrected chi connectivity index (χ3v) is 3.55. The van der Waals surface area contributed by atoms with Gasteiger partial charge in [-0.1, -0.05) is 48.6 Å². The molecule has 0 amide bonds. The molecule has 0 aromatic rings. The van der Waals surface area contributed by atoms with Gasteiger partial charge in [-0.05, 0) is 51.4 Å². The molecule has 0 saturated carbocycles. The number of aliphatic carboxylic acids is 1. The van der Waals surface area contributed by atoms with E-state index in [9.17, 15) is 4.79 Å². The van der Waals surface area contributed by atoms with E-state index < -0.39 is 5.97 Å². The fourth-order valence-electron chi connectivity index (χ4n) is 2.12. The Morgan fingerprint density at radius 1 is 0.870 bits per heavy atom. The molecular weight excluding hydrogens is 288 g/mol. The van der Waals surface area contributed by atoms with Gasteiger partial charge in [0.25, 0.3) is 0 Å². The molecule has 1 saturated heterocycles. The number of allylic oxidation sites excluding steroid dienone is 7. The van der Waals surface area contributed by atoms with E-state index >= 15 is 0 Å². The van der Waals surface area contributed by atoms with E-state index in [1.165, 1.54) is 19.3 Å². The largest absolute Gasteiger partial charge is 0.481 e. The van der Waals surface area contributed by atoms with Crippen molar-refractivity contribution in [2.75, 3.05) is 6.61 Å². The van der Waals surface area contributed by atoms with E-state index in [1.807, 2.05) is 6.08 Å². The monoisotopic (exact) mass is 318 g/mol. The number of carboxylic acid groups (broad SMARTS) is 1. The van der Waals surface area contributed by atoms with Gasteiger partial charge in [-0.3, -0.25) is 4.79 Å². The second-order valence-electron chi connectivity index (χ2n) is 5.77. The maximum absolute atomic E-state index is 10.3. The van der Waals surface area contributed by atoms with Crippen LogP contribution in [-0.4, -0.2) is 23.8 Å². The Morgan fingerprint density at radius 3 is 1.91 bits per heavy atom. The molecule has 3 nitrogen and oxygen atoms in total. The molecule has 1 heterocycles. The van der Waals surface area contributed by atoms with Gasteiger partial charge in [-0.25, -0.2) is 0 Å². The molecule has 0 aromatic heterocycles. The molecule has 1 fully saturated rings. The lowest BCUT2D eigenvalue weighted by Gasteiger charge is -1.93. The third kappa shape index (κ3) is 15.1. The molecule has 3 heteroatoms. The summed E-state index contributed by atoms with van der Waals surface area (Å²) in [5.74, 6) is -0.776. The molecule has 1 unspecified atom stereocenters. The van der Waals surface area contributed by atoms with Crippen molar-refractivity contribution in [3.63, 3.8) is 0 Å². The number of carboxylic acids is 1. The summed E-state index contributed by atoms with van der Waals surface area (Å²) >= 11 is 0. The van der Waals surface area contributed by atoms with E-state index in [1.54, 1.807) is 6.08 Å². The van der Waals surface area contributed by atoms with Gasteiger partial charge < -0.3 is 9.84 Å². The lowest BCUT2D eigenvalue weighted by Crippen LogP contribution is -1.89. The molecule has 0 aromatic carbocycles. The van der Waals surface area contributed by atoms with Gasteiger partial charge in [0, 0.05) is 0 Å². The van der Waals surface area contributed by atoms with Gasteiger partial charge in [0.15, 0.2) is 0 Å². The van der Waals surface area contributed by atoms with E-state index in [0.717, 1.165) is 38.7 Å². The van der Waals surface area contributed by atoms with Crippen molar-refractivity contribution in [3.8, 4) is 0 Å². The first-order valence-corrected chi connectivity index (χ1v) is 8.72. The Kier molecular flexibility index (Phi) is 11.8. The van der Waals surface area contributed by atoms with E-state index in [-0.39, 0.29) is 6.42 Å². The first kappa shape index (κ1) is 19.4. The lowest BCUT2D eigenvalue weighted by molar-refractivity contribution is -0.136. The lowest BCUT2D eigenvalue weighted by atomic mass is 10.1. The molecular formula is C20H30O3. The van der Waals surface area contributed by atoms with Gasteiger partial charge in [-0.15, -0.1) is 0 Å². The van der Waals surface area contributed by atoms with Crippen molar-refractivity contribution in [1.29, 1.82) is 0 Å². The summed E-state index contributed by atoms with van der Waals surface area (Å²) in [5, 5.41) is 8.47. The molecule has 1 rings (SSSR count). The van der Waals surface area contributed by atoms with Crippen molar-refractivity contribution in [3.05, 3.63) is 48.6 Å². The van der Waals surface area contributed by atoms with Crippen LogP contribution < -0.4 is 0 Å². The minimum absolute atomic E-state index is 0.115. The van der Waals surface area contributed by atoms with Crippen LogP contribution in [0, 0.1) is 0 Å². The Labute approximate surface area is 140 Å². The van der Waals surface area contributed by atoms with Gasteiger partial charge in [0.1, 0.15) is 0 Å². The predicted octanol–water partition coefficient (Wildman–Crippen LogP) is 5.21. The van der Waals surface area contributed by atoms with Crippen LogP contribution in [-0.2, 0) is 9.53 Å². The molecule has 1 atom stereocenters. The summed E-state index contributed by atoms with van der Waals surface area (Å²) in [6.07, 6.45) is 26.4. The average molecular weight is 318 g/mol. The van der Waals surface area contributed by atoms with Crippen LogP contribution in [0.15, 0.2) is 48.6 Å². The van der Waals surface area contributed by atoms with Crippen LogP contribution in [0.3, 0.4) is 0 Å². The van der Waals surface area contributed by atoms with E-state index in [4.69, 9.17) is 9.84 Å². The van der Waals surface area contributed by atoms with Crippen LogP contribution in [0.4, 0.5) is 0 Å². The Balaban J connectivity index is 1.81. The second kappa shape index (κ2) is 14.0. The molecule has 1 aliphatic rings. The van der Waals surface area contributed by atoms with Gasteiger partial charge in [0.05, 0.1) is 19.1 Å². The van der Waals surface area contributed by atoms with Crippen molar-refractivity contribution in [2.24, 2.45) is 0 Å². The summed E-state index contributed by atoms with van der Waals surface area (Å²) in [6.45, 7) is 0.963. The number of rotatable bonds is 14. The highest BCUT2D eigenvalue weighted by molar-refractivity contribution is 5.68. The summed E-state index contributed by atoms with van der Waals surface area (Å²) < 4.78 is 5.16. The standard InChI is InChI=1S/C20H30O3/c21-20(22)17-15-13-11-9-7-5-3-1-2-4-6-8-10-12-14-16-19-18-23-19/h4,6-7,9-10,12-13,15,19H,1-3,5,8,11,14,16-18H2,(H,21,22)/b6-4-,9-7-,12-10-,15-13-. The maximum Gasteiger partial charge on any atom is 0.307 e. The molecule has 0 aliphatic carbocycles. The number of epoxide rings is 1. The minimum atomic E-state index is -0.776. The van der Waals surface area contributed by atoms with Crippen LogP contribution in [0.25, 0.3) is 0 Å². The van der Waals surface area contributed by atoms with Crippen LogP contribution in [0.1, 0.15) is 57.8 Å². The van der Waals surface area contributed by atoms with Crippen LogP contribution in [0.2, 0.25) is 0 Å². The molecule has 0 bridgehead atoms. The zero-order valence-electron chi connectivity index (χ0n) is 14.0. The van der Waals surface area contributed by atoms with Crippen molar-refractivity contribution in [2.45, 2.75) is 63.9 Å². The first-order valence-electron chi connectivity index (χ1n) is 8.72. The summed E-state index contributed by atoms with van der Waals surface area (Å²) in [5.41, 5.74) is 0. The minimum Gasteiger partial charge on any atom is -0.481 e. The van der Waals surface area contributed by atoms with Crippen molar-refractivity contribution in [1.82, 2.24) is 0 Å². The average Bonchev–Trinajstić information content (AvgIpc) is 3.34. The molecule has 128 valence electrons. The quantitative estimate of drug-likeness (QED) is 0.272. The van der Waals surface area contributed by atoms with E-state index in [0.29, 0.717) is 6.10 Å². The van der Waals surface area contributed by atoms with Crippen molar-refractivity contribution < 1.29 is 14.6 Å². The summed E-state index contributed by atoms with van der Waals surface area (Å²) in [6, 6.07) is 0. The highest BCUT2D eigenvalue weighted by Crippen LogP contribution is 2.15.